The summed E-state index contributed by atoms with van der Waals surface area (Å²) in [7, 11) is 3.09. The molecular formula is C19H19N3O5. The monoisotopic (exact) mass is 369 g/mol. The summed E-state index contributed by atoms with van der Waals surface area (Å²) < 4.78 is 10.4. The molecule has 2 rings (SSSR count). The number of benzene rings is 2. The molecule has 3 N–H and O–H groups in total. The Labute approximate surface area is 156 Å². The van der Waals surface area contributed by atoms with Crippen molar-refractivity contribution in [2.24, 2.45) is 5.10 Å². The molecule has 0 saturated carbocycles. The van der Waals surface area contributed by atoms with E-state index in [9.17, 15) is 9.59 Å². The Hall–Kier alpha value is -3.65. The van der Waals surface area contributed by atoms with Crippen molar-refractivity contribution in [1.82, 2.24) is 10.9 Å². The molecule has 0 aliphatic rings. The molecule has 0 aromatic heterocycles. The Morgan fingerprint density at radius 1 is 1.11 bits per heavy atom. The summed E-state index contributed by atoms with van der Waals surface area (Å²) in [5, 5.41) is 12.4. The summed E-state index contributed by atoms with van der Waals surface area (Å²) in [5.41, 5.74) is 5.57. The van der Waals surface area contributed by atoms with E-state index in [0.717, 1.165) is 6.08 Å². The average Bonchev–Trinajstić information content (AvgIpc) is 2.72. The SMILES string of the molecule is COc1ccc(C=NNC(=O)c2cccc(C=CC(=O)NO)c2)c(OC)c1. The highest BCUT2D eigenvalue weighted by Gasteiger charge is 2.06. The van der Waals surface area contributed by atoms with Gasteiger partial charge in [0.1, 0.15) is 11.5 Å². The lowest BCUT2D eigenvalue weighted by atomic mass is 10.1. The number of nitrogens with zero attached hydrogens (tertiary/aromatic N) is 1. The molecule has 0 aliphatic heterocycles. The van der Waals surface area contributed by atoms with E-state index in [4.69, 9.17) is 14.7 Å². The molecule has 0 spiro atoms. The fourth-order valence-corrected chi connectivity index (χ4v) is 2.14. The second-order valence-electron chi connectivity index (χ2n) is 5.24. The molecule has 0 radical (unpaired) electrons. The van der Waals surface area contributed by atoms with Crippen molar-refractivity contribution in [3.63, 3.8) is 0 Å². The Morgan fingerprint density at radius 2 is 1.93 bits per heavy atom. The summed E-state index contributed by atoms with van der Waals surface area (Å²) in [6.45, 7) is 0. The molecule has 8 heteroatoms. The van der Waals surface area contributed by atoms with E-state index < -0.39 is 11.8 Å². The van der Waals surface area contributed by atoms with Crippen LogP contribution < -0.4 is 20.4 Å². The maximum absolute atomic E-state index is 12.2. The molecule has 0 aliphatic carbocycles. The Balaban J connectivity index is 2.06. The van der Waals surface area contributed by atoms with E-state index in [1.54, 1.807) is 49.6 Å². The first-order chi connectivity index (χ1) is 13.1. The highest BCUT2D eigenvalue weighted by atomic mass is 16.5. The molecule has 140 valence electrons. The van der Waals surface area contributed by atoms with Gasteiger partial charge in [-0.15, -0.1) is 0 Å². The summed E-state index contributed by atoms with van der Waals surface area (Å²) in [5.74, 6) is 0.123. The van der Waals surface area contributed by atoms with Gasteiger partial charge in [-0.1, -0.05) is 12.1 Å². The van der Waals surface area contributed by atoms with Crippen LogP contribution in [0.15, 0.2) is 53.6 Å². The van der Waals surface area contributed by atoms with Gasteiger partial charge in [-0.25, -0.2) is 10.9 Å². The second-order valence-corrected chi connectivity index (χ2v) is 5.24. The number of carbonyl (C=O) groups excluding carboxylic acids is 2. The van der Waals surface area contributed by atoms with Crippen LogP contribution in [0.25, 0.3) is 6.08 Å². The van der Waals surface area contributed by atoms with Crippen LogP contribution in [-0.2, 0) is 4.79 Å². The third-order valence-corrected chi connectivity index (χ3v) is 3.50. The number of hydrogen-bond acceptors (Lipinski definition) is 6. The zero-order valence-electron chi connectivity index (χ0n) is 14.8. The van der Waals surface area contributed by atoms with Gasteiger partial charge in [0, 0.05) is 23.3 Å². The molecule has 0 atom stereocenters. The van der Waals surface area contributed by atoms with Crippen molar-refractivity contribution < 1.29 is 24.3 Å². The van der Waals surface area contributed by atoms with Crippen LogP contribution >= 0.6 is 0 Å². The van der Waals surface area contributed by atoms with Crippen LogP contribution in [0.3, 0.4) is 0 Å². The standard InChI is InChI=1S/C19H19N3O5/c1-26-16-8-7-15(17(11-16)27-2)12-20-21-19(24)14-5-3-4-13(10-14)6-9-18(23)22-25/h3-12,25H,1-2H3,(H,21,24)(H,22,23). The average molecular weight is 369 g/mol. The number of hydrogen-bond donors (Lipinski definition) is 3. The number of rotatable bonds is 7. The van der Waals surface area contributed by atoms with Gasteiger partial charge >= 0.3 is 0 Å². The van der Waals surface area contributed by atoms with Crippen molar-refractivity contribution in [2.75, 3.05) is 14.2 Å². The van der Waals surface area contributed by atoms with Gasteiger partial charge in [0.05, 0.1) is 20.4 Å². The molecule has 0 unspecified atom stereocenters. The van der Waals surface area contributed by atoms with Crippen molar-refractivity contribution in [3.05, 3.63) is 65.2 Å². The van der Waals surface area contributed by atoms with Gasteiger partial charge in [-0.05, 0) is 35.9 Å². The van der Waals surface area contributed by atoms with Gasteiger partial charge < -0.3 is 9.47 Å². The molecule has 0 saturated heterocycles. The maximum atomic E-state index is 12.2. The Morgan fingerprint density at radius 3 is 2.63 bits per heavy atom. The second kappa shape index (κ2) is 9.73. The largest absolute Gasteiger partial charge is 0.497 e. The van der Waals surface area contributed by atoms with E-state index >= 15 is 0 Å². The number of carbonyl (C=O) groups is 2. The van der Waals surface area contributed by atoms with Crippen molar-refractivity contribution in [2.45, 2.75) is 0 Å². The molecule has 2 amide bonds. The van der Waals surface area contributed by atoms with Crippen LogP contribution in [0.4, 0.5) is 0 Å². The first kappa shape index (κ1) is 19.7. The topological polar surface area (TPSA) is 109 Å². The van der Waals surface area contributed by atoms with E-state index in [2.05, 4.69) is 10.5 Å². The van der Waals surface area contributed by atoms with Crippen molar-refractivity contribution in [1.29, 1.82) is 0 Å². The summed E-state index contributed by atoms with van der Waals surface area (Å²) in [4.78, 5) is 23.2. The van der Waals surface area contributed by atoms with Crippen LogP contribution in [0, 0.1) is 0 Å². The lowest BCUT2D eigenvalue weighted by molar-refractivity contribution is -0.124. The molecule has 0 heterocycles. The van der Waals surface area contributed by atoms with E-state index in [-0.39, 0.29) is 0 Å². The minimum Gasteiger partial charge on any atom is -0.497 e. The van der Waals surface area contributed by atoms with E-state index in [1.165, 1.54) is 24.9 Å². The highest BCUT2D eigenvalue weighted by molar-refractivity contribution is 5.96. The Bertz CT molecular complexity index is 877. The van der Waals surface area contributed by atoms with Crippen LogP contribution in [0.5, 0.6) is 11.5 Å². The minimum absolute atomic E-state index is 0.361. The number of hydrazone groups is 1. The zero-order chi connectivity index (χ0) is 19.6. The van der Waals surface area contributed by atoms with E-state index in [0.29, 0.717) is 28.2 Å². The fraction of sp³-hybridized carbons (Fsp3) is 0.105. The number of nitrogens with one attached hydrogen (secondary N) is 2. The molecule has 2 aromatic rings. The predicted octanol–water partition coefficient (Wildman–Crippen LogP) is 1.99. The van der Waals surface area contributed by atoms with Gasteiger partial charge in [0.25, 0.3) is 11.8 Å². The molecule has 0 fully saturated rings. The van der Waals surface area contributed by atoms with Crippen LogP contribution in [0.1, 0.15) is 21.5 Å². The Kier molecular flexibility index (Phi) is 7.09. The van der Waals surface area contributed by atoms with Crippen LogP contribution in [-0.4, -0.2) is 37.5 Å². The third kappa shape index (κ3) is 5.68. The normalized spacial score (nSPS) is 10.8. The van der Waals surface area contributed by atoms with Gasteiger partial charge in [-0.3, -0.25) is 14.8 Å². The number of methoxy groups -OCH3 is 2. The summed E-state index contributed by atoms with van der Waals surface area (Å²) >= 11 is 0. The number of amides is 2. The highest BCUT2D eigenvalue weighted by Crippen LogP contribution is 2.23. The number of ether oxygens (including phenoxy) is 2. The number of hydroxylamine groups is 1. The first-order valence-electron chi connectivity index (χ1n) is 7.85. The van der Waals surface area contributed by atoms with Gasteiger partial charge in [0.15, 0.2) is 0 Å². The lowest BCUT2D eigenvalue weighted by Gasteiger charge is -2.07. The van der Waals surface area contributed by atoms with Gasteiger partial charge in [-0.2, -0.15) is 5.10 Å². The molecule has 2 aromatic carbocycles. The molecule has 8 nitrogen and oxygen atoms in total. The van der Waals surface area contributed by atoms with Crippen LogP contribution in [0.2, 0.25) is 0 Å². The van der Waals surface area contributed by atoms with Crippen molar-refractivity contribution in [3.8, 4) is 11.5 Å². The zero-order valence-corrected chi connectivity index (χ0v) is 14.8. The third-order valence-electron chi connectivity index (χ3n) is 3.50. The molecule has 0 bridgehead atoms. The molecule has 27 heavy (non-hydrogen) atoms. The van der Waals surface area contributed by atoms with E-state index in [1.807, 2.05) is 0 Å². The summed E-state index contributed by atoms with van der Waals surface area (Å²) in [6, 6.07) is 11.8. The minimum atomic E-state index is -0.664. The molecular weight excluding hydrogens is 350 g/mol. The van der Waals surface area contributed by atoms with Crippen molar-refractivity contribution >= 4 is 24.1 Å². The lowest BCUT2D eigenvalue weighted by Crippen LogP contribution is -2.17. The predicted molar refractivity (Wildman–Crippen MR) is 100 cm³/mol. The first-order valence-corrected chi connectivity index (χ1v) is 7.85. The van der Waals surface area contributed by atoms with Gasteiger partial charge in [0.2, 0.25) is 0 Å². The smallest absolute Gasteiger partial charge is 0.271 e. The quantitative estimate of drug-likeness (QED) is 0.299. The maximum Gasteiger partial charge on any atom is 0.271 e. The fourth-order valence-electron chi connectivity index (χ4n) is 2.14. The summed E-state index contributed by atoms with van der Waals surface area (Å²) in [6.07, 6.45) is 4.07.